The van der Waals surface area contributed by atoms with Crippen LogP contribution >= 0.6 is 0 Å². The lowest BCUT2D eigenvalue weighted by Crippen LogP contribution is -2.47. The summed E-state index contributed by atoms with van der Waals surface area (Å²) >= 11 is 0. The SMILES string of the molecule is CC1CC(C(=O)NC2CCCOC2)CCN1. The number of hydrogen-bond acceptors (Lipinski definition) is 3. The molecule has 0 saturated carbocycles. The molecular formula is C12H22N2O2. The Kier molecular flexibility index (Phi) is 4.18. The number of rotatable bonds is 2. The van der Waals surface area contributed by atoms with Crippen molar-refractivity contribution < 1.29 is 9.53 Å². The van der Waals surface area contributed by atoms with Crippen LogP contribution in [0.1, 0.15) is 32.6 Å². The first-order valence-corrected chi connectivity index (χ1v) is 6.37. The summed E-state index contributed by atoms with van der Waals surface area (Å²) in [6, 6.07) is 0.707. The van der Waals surface area contributed by atoms with Gasteiger partial charge in [-0.1, -0.05) is 0 Å². The monoisotopic (exact) mass is 226 g/mol. The highest BCUT2D eigenvalue weighted by Crippen LogP contribution is 2.17. The maximum atomic E-state index is 12.0. The van der Waals surface area contributed by atoms with Crippen LogP contribution in [-0.4, -0.2) is 37.7 Å². The Balaban J connectivity index is 1.77. The fraction of sp³-hybridized carbons (Fsp3) is 0.917. The molecule has 92 valence electrons. The van der Waals surface area contributed by atoms with Gasteiger partial charge in [-0.05, 0) is 39.2 Å². The maximum absolute atomic E-state index is 12.0. The topological polar surface area (TPSA) is 50.4 Å². The lowest BCUT2D eigenvalue weighted by molar-refractivity contribution is -0.127. The van der Waals surface area contributed by atoms with E-state index in [0.29, 0.717) is 12.6 Å². The van der Waals surface area contributed by atoms with E-state index in [0.717, 1.165) is 38.8 Å². The zero-order chi connectivity index (χ0) is 11.4. The van der Waals surface area contributed by atoms with Crippen LogP contribution in [0, 0.1) is 5.92 Å². The van der Waals surface area contributed by atoms with Gasteiger partial charge in [-0.3, -0.25) is 4.79 Å². The van der Waals surface area contributed by atoms with Gasteiger partial charge in [0.1, 0.15) is 0 Å². The first-order valence-electron chi connectivity index (χ1n) is 6.37. The number of carbonyl (C=O) groups is 1. The molecular weight excluding hydrogens is 204 g/mol. The maximum Gasteiger partial charge on any atom is 0.223 e. The molecule has 4 nitrogen and oxygen atoms in total. The molecule has 0 aromatic heterocycles. The zero-order valence-corrected chi connectivity index (χ0v) is 10.00. The fourth-order valence-corrected chi connectivity index (χ4v) is 2.54. The summed E-state index contributed by atoms with van der Waals surface area (Å²) in [5, 5.41) is 6.48. The van der Waals surface area contributed by atoms with Gasteiger partial charge in [0.25, 0.3) is 0 Å². The highest BCUT2D eigenvalue weighted by atomic mass is 16.5. The van der Waals surface area contributed by atoms with Crippen molar-refractivity contribution in [2.45, 2.75) is 44.7 Å². The summed E-state index contributed by atoms with van der Waals surface area (Å²) in [5.41, 5.74) is 0. The van der Waals surface area contributed by atoms with E-state index < -0.39 is 0 Å². The van der Waals surface area contributed by atoms with Gasteiger partial charge in [-0.2, -0.15) is 0 Å². The van der Waals surface area contributed by atoms with Gasteiger partial charge in [0.15, 0.2) is 0 Å². The van der Waals surface area contributed by atoms with Crippen LogP contribution in [0.15, 0.2) is 0 Å². The van der Waals surface area contributed by atoms with Gasteiger partial charge >= 0.3 is 0 Å². The Labute approximate surface area is 97.1 Å². The quantitative estimate of drug-likeness (QED) is 0.727. The molecule has 0 aromatic rings. The Bertz CT molecular complexity index is 239. The second-order valence-electron chi connectivity index (χ2n) is 5.00. The molecule has 3 unspecified atom stereocenters. The standard InChI is InChI=1S/C12H22N2O2/c1-9-7-10(4-5-13-9)12(15)14-11-3-2-6-16-8-11/h9-11,13H,2-8H2,1H3,(H,14,15). The molecule has 0 radical (unpaired) electrons. The van der Waals surface area contributed by atoms with Crippen LogP contribution in [0.5, 0.6) is 0 Å². The van der Waals surface area contributed by atoms with Crippen LogP contribution in [0.4, 0.5) is 0 Å². The van der Waals surface area contributed by atoms with Gasteiger partial charge in [0.2, 0.25) is 5.91 Å². The molecule has 4 heteroatoms. The van der Waals surface area contributed by atoms with Crippen molar-refractivity contribution in [2.75, 3.05) is 19.8 Å². The predicted octanol–water partition coefficient (Wildman–Crippen LogP) is 0.670. The van der Waals surface area contributed by atoms with Crippen molar-refractivity contribution >= 4 is 5.91 Å². The smallest absolute Gasteiger partial charge is 0.223 e. The first-order chi connectivity index (χ1) is 7.75. The van der Waals surface area contributed by atoms with Gasteiger partial charge in [0.05, 0.1) is 12.6 Å². The minimum atomic E-state index is 0.193. The molecule has 2 N–H and O–H groups in total. The molecule has 2 heterocycles. The van der Waals surface area contributed by atoms with Crippen LogP contribution in [0.25, 0.3) is 0 Å². The molecule has 3 atom stereocenters. The number of ether oxygens (including phenoxy) is 1. The van der Waals surface area contributed by atoms with Crippen LogP contribution in [0.3, 0.4) is 0 Å². The van der Waals surface area contributed by atoms with Crippen molar-refractivity contribution in [3.05, 3.63) is 0 Å². The van der Waals surface area contributed by atoms with E-state index in [1.807, 2.05) is 0 Å². The third-order valence-electron chi connectivity index (χ3n) is 3.50. The largest absolute Gasteiger partial charge is 0.379 e. The van der Waals surface area contributed by atoms with Gasteiger partial charge < -0.3 is 15.4 Å². The second kappa shape index (κ2) is 5.64. The average molecular weight is 226 g/mol. The van der Waals surface area contributed by atoms with Crippen molar-refractivity contribution in [3.63, 3.8) is 0 Å². The molecule has 2 fully saturated rings. The molecule has 0 aromatic carbocycles. The third kappa shape index (κ3) is 3.19. The molecule has 16 heavy (non-hydrogen) atoms. The summed E-state index contributed by atoms with van der Waals surface area (Å²) < 4.78 is 5.36. The molecule has 2 saturated heterocycles. The van der Waals surface area contributed by atoms with E-state index in [1.165, 1.54) is 0 Å². The fourth-order valence-electron chi connectivity index (χ4n) is 2.54. The Morgan fingerprint density at radius 2 is 2.31 bits per heavy atom. The van der Waals surface area contributed by atoms with Crippen molar-refractivity contribution in [1.29, 1.82) is 0 Å². The van der Waals surface area contributed by atoms with Crippen LogP contribution in [-0.2, 0) is 9.53 Å². The van der Waals surface area contributed by atoms with Crippen LogP contribution < -0.4 is 10.6 Å². The van der Waals surface area contributed by atoms with Crippen molar-refractivity contribution in [3.8, 4) is 0 Å². The lowest BCUT2D eigenvalue weighted by Gasteiger charge is -2.30. The molecule has 1 amide bonds. The molecule has 0 spiro atoms. The molecule has 0 aliphatic carbocycles. The lowest BCUT2D eigenvalue weighted by atomic mass is 9.92. The molecule has 2 aliphatic heterocycles. The summed E-state index contributed by atoms with van der Waals surface area (Å²) in [4.78, 5) is 12.0. The molecule has 0 bridgehead atoms. The number of piperidine rings is 1. The van der Waals surface area contributed by atoms with E-state index in [4.69, 9.17) is 4.74 Å². The summed E-state index contributed by atoms with van der Waals surface area (Å²) in [5.74, 6) is 0.419. The highest BCUT2D eigenvalue weighted by molar-refractivity contribution is 5.79. The zero-order valence-electron chi connectivity index (χ0n) is 10.00. The highest BCUT2D eigenvalue weighted by Gasteiger charge is 2.26. The number of amides is 1. The summed E-state index contributed by atoms with van der Waals surface area (Å²) in [7, 11) is 0. The minimum Gasteiger partial charge on any atom is -0.379 e. The van der Waals surface area contributed by atoms with E-state index in [2.05, 4.69) is 17.6 Å². The van der Waals surface area contributed by atoms with E-state index in [-0.39, 0.29) is 17.9 Å². The van der Waals surface area contributed by atoms with Gasteiger partial charge in [0, 0.05) is 18.6 Å². The normalized spacial score (nSPS) is 35.7. The summed E-state index contributed by atoms with van der Waals surface area (Å²) in [6.45, 7) is 4.63. The molecule has 2 aliphatic rings. The summed E-state index contributed by atoms with van der Waals surface area (Å²) in [6.07, 6.45) is 4.04. The Morgan fingerprint density at radius 3 is 3.00 bits per heavy atom. The van der Waals surface area contributed by atoms with Gasteiger partial charge in [-0.25, -0.2) is 0 Å². The Morgan fingerprint density at radius 1 is 1.44 bits per heavy atom. The number of nitrogens with one attached hydrogen (secondary N) is 2. The number of carbonyl (C=O) groups excluding carboxylic acids is 1. The third-order valence-corrected chi connectivity index (χ3v) is 3.50. The Hall–Kier alpha value is -0.610. The predicted molar refractivity (Wildman–Crippen MR) is 62.2 cm³/mol. The van der Waals surface area contributed by atoms with Gasteiger partial charge in [-0.15, -0.1) is 0 Å². The van der Waals surface area contributed by atoms with Crippen molar-refractivity contribution in [2.24, 2.45) is 5.92 Å². The average Bonchev–Trinajstić information content (AvgIpc) is 2.30. The van der Waals surface area contributed by atoms with E-state index >= 15 is 0 Å². The minimum absolute atomic E-state index is 0.193. The molecule has 2 rings (SSSR count). The second-order valence-corrected chi connectivity index (χ2v) is 5.00. The van der Waals surface area contributed by atoms with Crippen LogP contribution in [0.2, 0.25) is 0 Å². The van der Waals surface area contributed by atoms with E-state index in [9.17, 15) is 4.79 Å². The number of hydrogen-bond donors (Lipinski definition) is 2. The van der Waals surface area contributed by atoms with E-state index in [1.54, 1.807) is 0 Å². The first kappa shape index (κ1) is 11.9. The van der Waals surface area contributed by atoms with Crippen molar-refractivity contribution in [1.82, 2.24) is 10.6 Å².